The highest BCUT2D eigenvalue weighted by Crippen LogP contribution is 2.10. The zero-order valence-corrected chi connectivity index (χ0v) is 11.7. The van der Waals surface area contributed by atoms with Crippen molar-refractivity contribution in [3.05, 3.63) is 12.2 Å². The summed E-state index contributed by atoms with van der Waals surface area (Å²) in [6.07, 6.45) is 6.13. The Labute approximate surface area is 96.6 Å². The second kappa shape index (κ2) is 8.96. The van der Waals surface area contributed by atoms with Crippen molar-refractivity contribution in [1.29, 1.82) is 0 Å². The van der Waals surface area contributed by atoms with Crippen LogP contribution < -0.4 is 0 Å². The molecule has 0 aliphatic heterocycles. The minimum atomic E-state index is -0.513. The second-order valence-corrected chi connectivity index (χ2v) is 5.76. The fourth-order valence-corrected chi connectivity index (χ4v) is 0.805. The Morgan fingerprint density at radius 1 is 1.07 bits per heavy atom. The molecule has 0 aromatic rings. The minimum Gasteiger partial charge on any atom is -0.390 e. The molecule has 15 heavy (non-hydrogen) atoms. The van der Waals surface area contributed by atoms with Gasteiger partial charge >= 0.3 is 0 Å². The SMILES string of the molecule is CC(C)/C=C/CCC(C)(C)O.CC(C)C. The summed E-state index contributed by atoms with van der Waals surface area (Å²) in [5.41, 5.74) is -0.513. The van der Waals surface area contributed by atoms with Crippen molar-refractivity contribution < 1.29 is 5.11 Å². The van der Waals surface area contributed by atoms with E-state index >= 15 is 0 Å². The molecule has 0 saturated carbocycles. The van der Waals surface area contributed by atoms with E-state index in [-0.39, 0.29) is 0 Å². The summed E-state index contributed by atoms with van der Waals surface area (Å²) in [6, 6.07) is 0. The Morgan fingerprint density at radius 2 is 1.47 bits per heavy atom. The summed E-state index contributed by atoms with van der Waals surface area (Å²) in [4.78, 5) is 0. The van der Waals surface area contributed by atoms with Gasteiger partial charge in [-0.2, -0.15) is 0 Å². The summed E-state index contributed by atoms with van der Waals surface area (Å²) >= 11 is 0. The van der Waals surface area contributed by atoms with Gasteiger partial charge in [-0.3, -0.25) is 0 Å². The molecule has 0 unspecified atom stereocenters. The molecule has 1 N–H and O–H groups in total. The Kier molecular flexibility index (Phi) is 10.2. The number of hydrogen-bond donors (Lipinski definition) is 1. The zero-order chi connectivity index (χ0) is 12.5. The standard InChI is InChI=1S/C10H20O.C4H10/c1-9(2)7-5-6-8-10(3,4)11;1-4(2)3/h5,7,9,11H,6,8H2,1-4H3;4H,1-3H3/b7-5+;. The van der Waals surface area contributed by atoms with Gasteiger partial charge in [-0.1, -0.05) is 46.8 Å². The lowest BCUT2D eigenvalue weighted by atomic mass is 10.0. The lowest BCUT2D eigenvalue weighted by molar-refractivity contribution is 0.0721. The molecule has 0 aromatic carbocycles. The Morgan fingerprint density at radius 3 is 1.73 bits per heavy atom. The molecule has 0 bridgehead atoms. The third kappa shape index (κ3) is 31.6. The molecule has 1 nitrogen and oxygen atoms in total. The molecule has 0 spiro atoms. The molecule has 0 fully saturated rings. The average molecular weight is 214 g/mol. The summed E-state index contributed by atoms with van der Waals surface area (Å²) in [5.74, 6) is 1.46. The highest BCUT2D eigenvalue weighted by Gasteiger charge is 2.09. The highest BCUT2D eigenvalue weighted by atomic mass is 16.3. The van der Waals surface area contributed by atoms with Gasteiger partial charge < -0.3 is 5.11 Å². The first-order chi connectivity index (χ1) is 6.65. The van der Waals surface area contributed by atoms with Crippen LogP contribution in [0, 0.1) is 11.8 Å². The fourth-order valence-electron chi connectivity index (χ4n) is 0.805. The van der Waals surface area contributed by atoms with Gasteiger partial charge in [-0.15, -0.1) is 0 Å². The van der Waals surface area contributed by atoms with Crippen LogP contribution >= 0.6 is 0 Å². The molecule has 0 atom stereocenters. The van der Waals surface area contributed by atoms with E-state index in [1.54, 1.807) is 0 Å². The van der Waals surface area contributed by atoms with Crippen LogP contribution in [0.2, 0.25) is 0 Å². The Balaban J connectivity index is 0. The van der Waals surface area contributed by atoms with Gasteiger partial charge in [0.2, 0.25) is 0 Å². The van der Waals surface area contributed by atoms with Gasteiger partial charge in [-0.05, 0) is 38.5 Å². The molecule has 0 heterocycles. The van der Waals surface area contributed by atoms with Gasteiger partial charge in [0.05, 0.1) is 5.60 Å². The van der Waals surface area contributed by atoms with Crippen molar-refractivity contribution >= 4 is 0 Å². The van der Waals surface area contributed by atoms with E-state index in [9.17, 15) is 5.11 Å². The van der Waals surface area contributed by atoms with Crippen molar-refractivity contribution in [2.75, 3.05) is 0 Å². The lowest BCUT2D eigenvalue weighted by Gasteiger charge is -2.14. The maximum atomic E-state index is 9.35. The quantitative estimate of drug-likeness (QED) is 0.687. The van der Waals surface area contributed by atoms with Crippen LogP contribution in [0.4, 0.5) is 0 Å². The first-order valence-corrected chi connectivity index (χ1v) is 6.04. The number of allylic oxidation sites excluding steroid dienone is 2. The van der Waals surface area contributed by atoms with Crippen LogP contribution in [0.1, 0.15) is 61.3 Å². The minimum absolute atomic E-state index is 0.513. The van der Waals surface area contributed by atoms with Crippen LogP contribution in [-0.2, 0) is 0 Å². The van der Waals surface area contributed by atoms with Crippen LogP contribution in [0.15, 0.2) is 12.2 Å². The molecular weight excluding hydrogens is 184 g/mol. The molecular formula is C14H30O. The van der Waals surface area contributed by atoms with Crippen molar-refractivity contribution in [3.8, 4) is 0 Å². The summed E-state index contributed by atoms with van der Waals surface area (Å²) in [7, 11) is 0. The zero-order valence-electron chi connectivity index (χ0n) is 11.7. The number of hydrogen-bond acceptors (Lipinski definition) is 1. The maximum absolute atomic E-state index is 9.35. The summed E-state index contributed by atoms with van der Waals surface area (Å²) in [6.45, 7) is 14.5. The first-order valence-electron chi connectivity index (χ1n) is 6.04. The molecule has 0 saturated heterocycles. The number of rotatable bonds is 4. The fraction of sp³-hybridized carbons (Fsp3) is 0.857. The van der Waals surface area contributed by atoms with Gasteiger partial charge in [0.15, 0.2) is 0 Å². The van der Waals surface area contributed by atoms with Crippen molar-refractivity contribution in [1.82, 2.24) is 0 Å². The monoisotopic (exact) mass is 214 g/mol. The Hall–Kier alpha value is -0.300. The lowest BCUT2D eigenvalue weighted by Crippen LogP contribution is -2.17. The molecule has 0 aliphatic rings. The van der Waals surface area contributed by atoms with E-state index in [0.29, 0.717) is 5.92 Å². The number of aliphatic hydroxyl groups is 1. The van der Waals surface area contributed by atoms with Gasteiger partial charge in [0.25, 0.3) is 0 Å². The van der Waals surface area contributed by atoms with Crippen LogP contribution in [-0.4, -0.2) is 10.7 Å². The van der Waals surface area contributed by atoms with Crippen LogP contribution in [0.5, 0.6) is 0 Å². The second-order valence-electron chi connectivity index (χ2n) is 5.76. The molecule has 0 rings (SSSR count). The average Bonchev–Trinajstić information content (AvgIpc) is 1.95. The van der Waals surface area contributed by atoms with Crippen LogP contribution in [0.3, 0.4) is 0 Å². The van der Waals surface area contributed by atoms with E-state index < -0.39 is 5.60 Å². The third-order valence-corrected chi connectivity index (χ3v) is 1.44. The molecule has 0 amide bonds. The van der Waals surface area contributed by atoms with E-state index in [2.05, 4.69) is 46.8 Å². The molecule has 92 valence electrons. The van der Waals surface area contributed by atoms with Crippen LogP contribution in [0.25, 0.3) is 0 Å². The van der Waals surface area contributed by atoms with Crippen molar-refractivity contribution in [3.63, 3.8) is 0 Å². The first kappa shape index (κ1) is 17.1. The van der Waals surface area contributed by atoms with Gasteiger partial charge in [0.1, 0.15) is 0 Å². The molecule has 0 aliphatic carbocycles. The summed E-state index contributed by atoms with van der Waals surface area (Å²) < 4.78 is 0. The third-order valence-electron chi connectivity index (χ3n) is 1.44. The van der Waals surface area contributed by atoms with Crippen molar-refractivity contribution in [2.24, 2.45) is 11.8 Å². The van der Waals surface area contributed by atoms with E-state index in [0.717, 1.165) is 18.8 Å². The highest BCUT2D eigenvalue weighted by molar-refractivity contribution is 4.85. The molecule has 0 aromatic heterocycles. The predicted octanol–water partition coefficient (Wildman–Crippen LogP) is 4.41. The Bertz CT molecular complexity index is 146. The molecule has 0 radical (unpaired) electrons. The molecule has 1 heteroatoms. The maximum Gasteiger partial charge on any atom is 0.0594 e. The largest absolute Gasteiger partial charge is 0.390 e. The smallest absolute Gasteiger partial charge is 0.0594 e. The summed E-state index contributed by atoms with van der Waals surface area (Å²) in [5, 5.41) is 9.35. The van der Waals surface area contributed by atoms with E-state index in [1.807, 2.05) is 13.8 Å². The van der Waals surface area contributed by atoms with Crippen molar-refractivity contribution in [2.45, 2.75) is 66.9 Å². The normalized spacial score (nSPS) is 12.1. The topological polar surface area (TPSA) is 20.2 Å². The van der Waals surface area contributed by atoms with E-state index in [4.69, 9.17) is 0 Å². The van der Waals surface area contributed by atoms with E-state index in [1.165, 1.54) is 0 Å². The predicted molar refractivity (Wildman–Crippen MR) is 70.0 cm³/mol. The van der Waals surface area contributed by atoms with Gasteiger partial charge in [-0.25, -0.2) is 0 Å². The van der Waals surface area contributed by atoms with Gasteiger partial charge in [0, 0.05) is 0 Å².